The summed E-state index contributed by atoms with van der Waals surface area (Å²) in [5.41, 5.74) is -1.97. The Hall–Kier alpha value is -3.55. The first-order valence-electron chi connectivity index (χ1n) is 14.2. The average Bonchev–Trinajstić information content (AvgIpc) is 2.92. The number of hydrogen-bond donors (Lipinski definition) is 1. The first-order chi connectivity index (χ1) is 20.5. The minimum atomic E-state index is -5.01. The van der Waals surface area contributed by atoms with E-state index in [1.54, 1.807) is 13.0 Å². The number of urea groups is 1. The molecule has 7 nitrogen and oxygen atoms in total. The molecular weight excluding hydrogens is 599 g/mol. The van der Waals surface area contributed by atoms with E-state index in [2.05, 4.69) is 4.90 Å². The molecule has 1 N–H and O–H groups in total. The SMILES string of the molecule is Cc1cc(F)ccc1[C@H]1CN(CC2CCC(OC(=O)O)CC2)CCN1C(=O)N(C)Cc1cc(C(F)(F)F)cc(C(F)(F)F)c1. The van der Waals surface area contributed by atoms with E-state index >= 15 is 0 Å². The minimum Gasteiger partial charge on any atom is -0.450 e. The Morgan fingerprint density at radius 2 is 1.57 bits per heavy atom. The number of carbonyl (C=O) groups excluding carboxylic acids is 1. The smallest absolute Gasteiger partial charge is 0.450 e. The van der Waals surface area contributed by atoms with Crippen molar-refractivity contribution in [3.63, 3.8) is 0 Å². The number of amides is 2. The van der Waals surface area contributed by atoms with E-state index in [0.29, 0.717) is 55.7 Å². The van der Waals surface area contributed by atoms with Gasteiger partial charge in [-0.05, 0) is 85.5 Å². The van der Waals surface area contributed by atoms with Crippen LogP contribution in [0.25, 0.3) is 0 Å². The molecule has 2 aromatic rings. The van der Waals surface area contributed by atoms with E-state index < -0.39 is 54.1 Å². The Labute approximate surface area is 250 Å². The van der Waals surface area contributed by atoms with Crippen LogP contribution in [0.4, 0.5) is 40.3 Å². The van der Waals surface area contributed by atoms with Gasteiger partial charge in [0.2, 0.25) is 0 Å². The maximum absolute atomic E-state index is 14.0. The fourth-order valence-corrected chi connectivity index (χ4v) is 6.12. The third-order valence-electron chi connectivity index (χ3n) is 8.27. The van der Waals surface area contributed by atoms with E-state index in [-0.39, 0.29) is 30.2 Å². The molecule has 0 unspecified atom stereocenters. The number of carboxylic acid groups (broad SMARTS) is 1. The van der Waals surface area contributed by atoms with Crippen molar-refractivity contribution in [3.8, 4) is 0 Å². The van der Waals surface area contributed by atoms with Crippen LogP contribution in [0, 0.1) is 18.7 Å². The molecule has 2 fully saturated rings. The van der Waals surface area contributed by atoms with Gasteiger partial charge in [-0.25, -0.2) is 14.0 Å². The van der Waals surface area contributed by atoms with Gasteiger partial charge in [-0.2, -0.15) is 26.3 Å². The van der Waals surface area contributed by atoms with Gasteiger partial charge in [0.25, 0.3) is 0 Å². The van der Waals surface area contributed by atoms with Crippen molar-refractivity contribution < 1.29 is 50.2 Å². The number of rotatable bonds is 6. The summed E-state index contributed by atoms with van der Waals surface area (Å²) in [7, 11) is 1.31. The second-order valence-corrected chi connectivity index (χ2v) is 11.5. The molecule has 1 heterocycles. The molecule has 0 radical (unpaired) electrons. The zero-order valence-electron chi connectivity index (χ0n) is 24.2. The Balaban J connectivity index is 1.52. The van der Waals surface area contributed by atoms with Gasteiger partial charge in [0.15, 0.2) is 0 Å². The van der Waals surface area contributed by atoms with Gasteiger partial charge in [0, 0.05) is 39.8 Å². The van der Waals surface area contributed by atoms with Gasteiger partial charge < -0.3 is 19.6 Å². The highest BCUT2D eigenvalue weighted by Gasteiger charge is 2.38. The predicted molar refractivity (Wildman–Crippen MR) is 145 cm³/mol. The number of piperazine rings is 1. The number of aryl methyl sites for hydroxylation is 1. The van der Waals surface area contributed by atoms with E-state index in [1.165, 1.54) is 24.1 Å². The third kappa shape index (κ3) is 8.33. The van der Waals surface area contributed by atoms with E-state index in [0.717, 1.165) is 17.7 Å². The predicted octanol–water partition coefficient (Wildman–Crippen LogP) is 7.34. The van der Waals surface area contributed by atoms with Crippen LogP contribution in [0.15, 0.2) is 36.4 Å². The van der Waals surface area contributed by atoms with Crippen LogP contribution in [0.2, 0.25) is 0 Å². The number of hydrogen-bond acceptors (Lipinski definition) is 4. The van der Waals surface area contributed by atoms with E-state index in [4.69, 9.17) is 9.84 Å². The van der Waals surface area contributed by atoms with Crippen LogP contribution < -0.4 is 0 Å². The number of carbonyl (C=O) groups is 2. The summed E-state index contributed by atoms with van der Waals surface area (Å²) < 4.78 is 99.2. The first kappa shape index (κ1) is 33.3. The van der Waals surface area contributed by atoms with Crippen LogP contribution in [0.3, 0.4) is 0 Å². The molecule has 0 spiro atoms. The summed E-state index contributed by atoms with van der Waals surface area (Å²) in [4.78, 5) is 29.3. The molecule has 0 aromatic heterocycles. The standard InChI is InChI=1S/C30H34F7N3O4/c1-18-11-23(31)5-8-25(18)26-17-39(16-19-3-6-24(7-4-19)44-28(42)43)9-10-40(26)27(41)38(2)15-20-12-21(29(32,33)34)14-22(13-20)30(35,36)37/h5,8,11-14,19,24,26H,3-4,6-7,9-10,15-17H2,1-2H3,(H,42,43)/t19?,24?,26-/m1/s1. The molecular formula is C30H34F7N3O4. The lowest BCUT2D eigenvalue weighted by atomic mass is 9.86. The molecule has 242 valence electrons. The average molecular weight is 634 g/mol. The van der Waals surface area contributed by atoms with E-state index in [1.807, 2.05) is 0 Å². The molecule has 1 aliphatic heterocycles. The summed E-state index contributed by atoms with van der Waals surface area (Å²) in [6, 6.07) is 4.31. The van der Waals surface area contributed by atoms with Crippen LogP contribution >= 0.6 is 0 Å². The van der Waals surface area contributed by atoms with Gasteiger partial charge in [-0.1, -0.05) is 6.07 Å². The molecule has 1 saturated carbocycles. The summed E-state index contributed by atoms with van der Waals surface area (Å²) in [5.74, 6) is -0.188. The molecule has 44 heavy (non-hydrogen) atoms. The molecule has 1 aliphatic carbocycles. The zero-order chi connectivity index (χ0) is 32.4. The monoisotopic (exact) mass is 633 g/mol. The van der Waals surface area contributed by atoms with Crippen molar-refractivity contribution in [3.05, 3.63) is 70.0 Å². The fraction of sp³-hybridized carbons (Fsp3) is 0.533. The lowest BCUT2D eigenvalue weighted by Crippen LogP contribution is -2.54. The highest BCUT2D eigenvalue weighted by atomic mass is 19.4. The highest BCUT2D eigenvalue weighted by Crippen LogP contribution is 2.37. The van der Waals surface area contributed by atoms with E-state index in [9.17, 15) is 40.3 Å². The van der Waals surface area contributed by atoms with Crippen molar-refractivity contribution >= 4 is 12.2 Å². The summed E-state index contributed by atoms with van der Waals surface area (Å²) in [5, 5.41) is 8.87. The van der Waals surface area contributed by atoms with Crippen molar-refractivity contribution in [1.82, 2.24) is 14.7 Å². The largest absolute Gasteiger partial charge is 0.506 e. The van der Waals surface area contributed by atoms with Crippen molar-refractivity contribution in [1.29, 1.82) is 0 Å². The fourth-order valence-electron chi connectivity index (χ4n) is 6.12. The number of alkyl halides is 6. The van der Waals surface area contributed by atoms with Gasteiger partial charge in [0.1, 0.15) is 11.9 Å². The van der Waals surface area contributed by atoms with Gasteiger partial charge >= 0.3 is 24.5 Å². The molecule has 14 heteroatoms. The van der Waals surface area contributed by atoms with Gasteiger partial charge in [-0.15, -0.1) is 0 Å². The maximum Gasteiger partial charge on any atom is 0.506 e. The lowest BCUT2D eigenvalue weighted by molar-refractivity contribution is -0.143. The molecule has 1 saturated heterocycles. The Morgan fingerprint density at radius 3 is 2.11 bits per heavy atom. The van der Waals surface area contributed by atoms with Crippen molar-refractivity contribution in [2.75, 3.05) is 33.2 Å². The number of nitrogens with zero attached hydrogens (tertiary/aromatic N) is 3. The van der Waals surface area contributed by atoms with Crippen LogP contribution in [0.5, 0.6) is 0 Å². The Kier molecular flexibility index (Phi) is 10.0. The van der Waals surface area contributed by atoms with Crippen molar-refractivity contribution in [2.24, 2.45) is 5.92 Å². The topological polar surface area (TPSA) is 73.3 Å². The van der Waals surface area contributed by atoms with Crippen LogP contribution in [0.1, 0.15) is 59.5 Å². The quantitative estimate of drug-likeness (QED) is 0.266. The molecule has 1 atom stereocenters. The zero-order valence-corrected chi connectivity index (χ0v) is 24.2. The second-order valence-electron chi connectivity index (χ2n) is 11.5. The molecule has 2 aliphatic rings. The normalized spacial score (nSPS) is 21.7. The Morgan fingerprint density at radius 1 is 0.955 bits per heavy atom. The first-order valence-corrected chi connectivity index (χ1v) is 14.2. The molecule has 0 bridgehead atoms. The summed E-state index contributed by atoms with van der Waals surface area (Å²) in [6.45, 7) is 2.94. The number of benzene rings is 2. The molecule has 2 aromatic carbocycles. The summed E-state index contributed by atoms with van der Waals surface area (Å²) in [6.07, 6.45) is -8.93. The maximum atomic E-state index is 14.0. The Bertz CT molecular complexity index is 1310. The highest BCUT2D eigenvalue weighted by molar-refractivity contribution is 5.75. The van der Waals surface area contributed by atoms with Gasteiger partial charge in [0.05, 0.1) is 17.2 Å². The van der Waals surface area contributed by atoms with Crippen LogP contribution in [-0.2, 0) is 23.6 Å². The molecule has 4 rings (SSSR count). The van der Waals surface area contributed by atoms with Crippen molar-refractivity contribution in [2.45, 2.75) is 63.7 Å². The van der Waals surface area contributed by atoms with Crippen LogP contribution in [-0.4, -0.2) is 71.3 Å². The van der Waals surface area contributed by atoms with Gasteiger partial charge in [-0.3, -0.25) is 4.90 Å². The minimum absolute atomic E-state index is 0.0452. The lowest BCUT2D eigenvalue weighted by Gasteiger charge is -2.44. The number of ether oxygens (including phenoxy) is 1. The number of halogens is 7. The summed E-state index contributed by atoms with van der Waals surface area (Å²) >= 11 is 0. The third-order valence-corrected chi connectivity index (χ3v) is 8.27. The molecule has 2 amide bonds. The second kappa shape index (κ2) is 13.2.